The number of pyridine rings is 1. The van der Waals surface area contributed by atoms with Gasteiger partial charge in [0.05, 0.1) is 25.5 Å². The predicted molar refractivity (Wildman–Crippen MR) is 79.1 cm³/mol. The molecule has 0 N–H and O–H groups in total. The number of nitrogens with zero attached hydrogens (tertiary/aromatic N) is 1. The number of carbonyl (C=O) groups is 1. The van der Waals surface area contributed by atoms with Gasteiger partial charge in [0.1, 0.15) is 11.5 Å². The van der Waals surface area contributed by atoms with Crippen molar-refractivity contribution in [3.63, 3.8) is 0 Å². The molecule has 2 heterocycles. The molecule has 1 aromatic carbocycles. The van der Waals surface area contributed by atoms with Crippen LogP contribution in [0.3, 0.4) is 0 Å². The molecule has 21 heavy (non-hydrogen) atoms. The fraction of sp³-hybridized carbons (Fsp3) is 0.294. The van der Waals surface area contributed by atoms with Crippen LogP contribution in [0.1, 0.15) is 27.9 Å². The van der Waals surface area contributed by atoms with Gasteiger partial charge in [-0.05, 0) is 29.7 Å². The molecule has 0 saturated heterocycles. The van der Waals surface area contributed by atoms with E-state index in [1.165, 1.54) is 11.1 Å². The van der Waals surface area contributed by atoms with Crippen LogP contribution in [-0.2, 0) is 12.8 Å². The highest BCUT2D eigenvalue weighted by atomic mass is 16.5. The molecule has 4 nitrogen and oxygen atoms in total. The van der Waals surface area contributed by atoms with Gasteiger partial charge in [0.25, 0.3) is 0 Å². The van der Waals surface area contributed by atoms with E-state index >= 15 is 0 Å². The molecule has 2 aromatic rings. The molecule has 0 atom stereocenters. The lowest BCUT2D eigenvalue weighted by Crippen LogP contribution is -2.04. The van der Waals surface area contributed by atoms with E-state index in [1.54, 1.807) is 25.6 Å². The highest BCUT2D eigenvalue weighted by Gasteiger charge is 2.14. The summed E-state index contributed by atoms with van der Waals surface area (Å²) in [6, 6.07) is 7.87. The molecule has 1 aliphatic rings. The Kier molecular flexibility index (Phi) is 3.86. The summed E-state index contributed by atoms with van der Waals surface area (Å²) in [6.45, 7) is 0.756. The summed E-state index contributed by atoms with van der Waals surface area (Å²) in [5.41, 5.74) is 3.00. The summed E-state index contributed by atoms with van der Waals surface area (Å²) in [7, 11) is 1.55. The Morgan fingerprint density at radius 3 is 3.14 bits per heavy atom. The smallest absolute Gasteiger partial charge is 0.167 e. The molecule has 1 aromatic heterocycles. The molecule has 0 amide bonds. The van der Waals surface area contributed by atoms with Crippen molar-refractivity contribution in [3.05, 3.63) is 53.3 Å². The average molecular weight is 283 g/mol. The van der Waals surface area contributed by atoms with E-state index in [-0.39, 0.29) is 5.78 Å². The van der Waals surface area contributed by atoms with Gasteiger partial charge in [-0.15, -0.1) is 0 Å². The van der Waals surface area contributed by atoms with E-state index in [2.05, 4.69) is 11.1 Å². The highest BCUT2D eigenvalue weighted by molar-refractivity contribution is 5.98. The van der Waals surface area contributed by atoms with E-state index < -0.39 is 0 Å². The van der Waals surface area contributed by atoms with Crippen molar-refractivity contribution in [2.45, 2.75) is 19.3 Å². The largest absolute Gasteiger partial charge is 0.494 e. The lowest BCUT2D eigenvalue weighted by atomic mass is 10.0. The number of rotatable bonds is 5. The van der Waals surface area contributed by atoms with Crippen LogP contribution >= 0.6 is 0 Å². The molecule has 0 bridgehead atoms. The minimum atomic E-state index is 0.0750. The first-order valence-corrected chi connectivity index (χ1v) is 7.04. The third-order valence-corrected chi connectivity index (χ3v) is 3.70. The van der Waals surface area contributed by atoms with Gasteiger partial charge in [0.2, 0.25) is 0 Å². The maximum Gasteiger partial charge on any atom is 0.167 e. The maximum absolute atomic E-state index is 12.3. The van der Waals surface area contributed by atoms with Crippen molar-refractivity contribution in [3.8, 4) is 11.5 Å². The molecule has 0 saturated carbocycles. The molecule has 0 radical (unpaired) electrons. The first-order chi connectivity index (χ1) is 10.3. The van der Waals surface area contributed by atoms with Crippen molar-refractivity contribution < 1.29 is 14.3 Å². The number of methoxy groups -OCH3 is 1. The van der Waals surface area contributed by atoms with E-state index in [1.807, 2.05) is 12.1 Å². The minimum absolute atomic E-state index is 0.0750. The summed E-state index contributed by atoms with van der Waals surface area (Å²) in [5, 5.41) is 0. The number of fused-ring (bicyclic) bond motifs is 1. The van der Waals surface area contributed by atoms with Gasteiger partial charge in [-0.3, -0.25) is 9.78 Å². The zero-order valence-corrected chi connectivity index (χ0v) is 12.0. The summed E-state index contributed by atoms with van der Waals surface area (Å²) >= 11 is 0. The van der Waals surface area contributed by atoms with Crippen molar-refractivity contribution in [1.82, 2.24) is 4.98 Å². The summed E-state index contributed by atoms with van der Waals surface area (Å²) < 4.78 is 10.7. The number of hydrogen-bond acceptors (Lipinski definition) is 4. The molecule has 0 spiro atoms. The third kappa shape index (κ3) is 2.89. The minimum Gasteiger partial charge on any atom is -0.494 e. The van der Waals surface area contributed by atoms with Crippen LogP contribution in [0.4, 0.5) is 0 Å². The van der Waals surface area contributed by atoms with Crippen LogP contribution in [0.25, 0.3) is 0 Å². The van der Waals surface area contributed by atoms with Crippen LogP contribution in [0, 0.1) is 0 Å². The van der Waals surface area contributed by atoms with E-state index in [9.17, 15) is 4.79 Å². The Bertz CT molecular complexity index is 667. The molecular weight excluding hydrogens is 266 g/mol. The topological polar surface area (TPSA) is 48.4 Å². The predicted octanol–water partition coefficient (Wildman–Crippen LogP) is 2.84. The summed E-state index contributed by atoms with van der Waals surface area (Å²) in [5.74, 6) is 1.58. The molecular formula is C17H17NO3. The molecule has 0 aliphatic carbocycles. The lowest BCUT2D eigenvalue weighted by molar-refractivity contribution is 0.0979. The van der Waals surface area contributed by atoms with Crippen LogP contribution in [0.5, 0.6) is 11.5 Å². The van der Waals surface area contributed by atoms with Crippen molar-refractivity contribution >= 4 is 5.78 Å². The van der Waals surface area contributed by atoms with Gasteiger partial charge in [-0.1, -0.05) is 12.1 Å². The Hall–Kier alpha value is -2.36. The van der Waals surface area contributed by atoms with Gasteiger partial charge in [0.15, 0.2) is 5.78 Å². The lowest BCUT2D eigenvalue weighted by Gasteiger charge is -2.07. The Morgan fingerprint density at radius 1 is 1.38 bits per heavy atom. The summed E-state index contributed by atoms with van der Waals surface area (Å²) in [6.07, 6.45) is 5.31. The normalized spacial score (nSPS) is 12.6. The van der Waals surface area contributed by atoms with E-state index in [0.717, 1.165) is 25.2 Å². The quantitative estimate of drug-likeness (QED) is 0.792. The number of benzene rings is 1. The second-order valence-corrected chi connectivity index (χ2v) is 5.04. The van der Waals surface area contributed by atoms with Gasteiger partial charge in [-0.2, -0.15) is 0 Å². The van der Waals surface area contributed by atoms with Crippen LogP contribution in [-0.4, -0.2) is 24.5 Å². The number of hydrogen-bond donors (Lipinski definition) is 0. The first kappa shape index (κ1) is 13.6. The zero-order valence-electron chi connectivity index (χ0n) is 12.0. The van der Waals surface area contributed by atoms with Gasteiger partial charge in [0, 0.05) is 19.0 Å². The third-order valence-electron chi connectivity index (χ3n) is 3.70. The SMILES string of the molecule is COc1cnccc1C(=O)CCc1ccc2c(c1)CCO2. The second kappa shape index (κ2) is 5.95. The number of Topliss-reactive ketones (excluding diaryl/α,β-unsaturated/α-hetero) is 1. The zero-order chi connectivity index (χ0) is 14.7. The maximum atomic E-state index is 12.3. The number of ketones is 1. The van der Waals surface area contributed by atoms with Crippen LogP contribution in [0.2, 0.25) is 0 Å². The molecule has 0 fully saturated rings. The number of carbonyl (C=O) groups excluding carboxylic acids is 1. The van der Waals surface area contributed by atoms with Crippen LogP contribution in [0.15, 0.2) is 36.7 Å². The van der Waals surface area contributed by atoms with Crippen molar-refractivity contribution in [2.24, 2.45) is 0 Å². The van der Waals surface area contributed by atoms with Crippen molar-refractivity contribution in [1.29, 1.82) is 0 Å². The number of aryl methyl sites for hydroxylation is 1. The number of aromatic nitrogens is 1. The average Bonchev–Trinajstić information content (AvgIpc) is 3.00. The highest BCUT2D eigenvalue weighted by Crippen LogP contribution is 2.26. The van der Waals surface area contributed by atoms with Crippen molar-refractivity contribution in [2.75, 3.05) is 13.7 Å². The standard InChI is InChI=1S/C17H17NO3/c1-20-17-11-18-8-6-14(17)15(19)4-2-12-3-5-16-13(10-12)7-9-21-16/h3,5-6,8,10-11H,2,4,7,9H2,1H3. The Balaban J connectivity index is 1.68. The second-order valence-electron chi connectivity index (χ2n) is 5.04. The molecule has 0 unspecified atom stereocenters. The number of ether oxygens (including phenoxy) is 2. The fourth-order valence-corrected chi connectivity index (χ4v) is 2.56. The van der Waals surface area contributed by atoms with E-state index in [0.29, 0.717) is 17.7 Å². The monoisotopic (exact) mass is 283 g/mol. The summed E-state index contributed by atoms with van der Waals surface area (Å²) in [4.78, 5) is 16.3. The molecule has 4 heteroatoms. The first-order valence-electron chi connectivity index (χ1n) is 7.04. The molecule has 108 valence electrons. The van der Waals surface area contributed by atoms with Gasteiger partial charge < -0.3 is 9.47 Å². The van der Waals surface area contributed by atoms with Gasteiger partial charge in [-0.25, -0.2) is 0 Å². The molecule has 3 rings (SSSR count). The van der Waals surface area contributed by atoms with Crippen LogP contribution < -0.4 is 9.47 Å². The Labute approximate surface area is 123 Å². The van der Waals surface area contributed by atoms with E-state index in [4.69, 9.17) is 9.47 Å². The molecule has 1 aliphatic heterocycles. The van der Waals surface area contributed by atoms with Gasteiger partial charge >= 0.3 is 0 Å². The fourth-order valence-electron chi connectivity index (χ4n) is 2.56. The Morgan fingerprint density at radius 2 is 2.29 bits per heavy atom.